The molecule has 0 aliphatic carbocycles. The molecule has 0 unspecified atom stereocenters. The number of thiazole rings is 1. The second-order valence-electron chi connectivity index (χ2n) is 5.70. The van der Waals surface area contributed by atoms with Gasteiger partial charge in [-0.25, -0.2) is 18.2 Å². The van der Waals surface area contributed by atoms with E-state index in [0.717, 1.165) is 29.5 Å². The fraction of sp³-hybridized carbons (Fsp3) is 0.167. The van der Waals surface area contributed by atoms with Gasteiger partial charge in [-0.1, -0.05) is 6.07 Å². The highest BCUT2D eigenvalue weighted by Crippen LogP contribution is 2.28. The first kappa shape index (κ1) is 18.8. The third kappa shape index (κ3) is 4.43. The number of aliphatic carboxylic acids is 1. The standard InChI is InChI=1S/C18H13F3N2O3S/c19-10-2-1-3-12(6-10)23(16(24)4-5-17(25)26)9-15-22-14-8-11(20)7-13(21)18(14)27-15/h1-3,6-8H,4-5,9H2,(H,25,26). The van der Waals surface area contributed by atoms with Crippen LogP contribution in [0.3, 0.4) is 0 Å². The number of fused-ring (bicyclic) bond motifs is 1. The van der Waals surface area contributed by atoms with Crippen LogP contribution in [0.15, 0.2) is 36.4 Å². The maximum absolute atomic E-state index is 13.9. The van der Waals surface area contributed by atoms with E-state index in [9.17, 15) is 22.8 Å². The van der Waals surface area contributed by atoms with Gasteiger partial charge in [0.2, 0.25) is 5.91 Å². The highest BCUT2D eigenvalue weighted by Gasteiger charge is 2.20. The van der Waals surface area contributed by atoms with Crippen molar-refractivity contribution >= 4 is 39.1 Å². The molecule has 27 heavy (non-hydrogen) atoms. The topological polar surface area (TPSA) is 70.5 Å². The Morgan fingerprint density at radius 1 is 1.07 bits per heavy atom. The second kappa shape index (κ2) is 7.75. The molecule has 0 aliphatic heterocycles. The maximum atomic E-state index is 13.9. The highest BCUT2D eigenvalue weighted by atomic mass is 32.1. The number of amides is 1. The van der Waals surface area contributed by atoms with Gasteiger partial charge in [0, 0.05) is 24.2 Å². The zero-order valence-corrected chi connectivity index (χ0v) is 14.6. The molecule has 0 fully saturated rings. The number of carbonyl (C=O) groups is 2. The van der Waals surface area contributed by atoms with E-state index in [1.165, 1.54) is 23.1 Å². The summed E-state index contributed by atoms with van der Waals surface area (Å²) >= 11 is 0.945. The van der Waals surface area contributed by atoms with E-state index < -0.39 is 29.3 Å². The largest absolute Gasteiger partial charge is 0.481 e. The summed E-state index contributed by atoms with van der Waals surface area (Å²) in [6.45, 7) is -0.123. The molecule has 0 saturated heterocycles. The molecule has 0 saturated carbocycles. The first-order chi connectivity index (χ1) is 12.8. The van der Waals surface area contributed by atoms with Crippen molar-refractivity contribution in [3.63, 3.8) is 0 Å². The predicted octanol–water partition coefficient (Wildman–Crippen LogP) is 4.11. The fourth-order valence-corrected chi connectivity index (χ4v) is 3.46. The number of rotatable bonds is 6. The Morgan fingerprint density at radius 3 is 2.56 bits per heavy atom. The van der Waals surface area contributed by atoms with E-state index in [4.69, 9.17) is 5.11 Å². The van der Waals surface area contributed by atoms with Crippen LogP contribution in [0.5, 0.6) is 0 Å². The molecule has 0 bridgehead atoms. The van der Waals surface area contributed by atoms with E-state index in [0.29, 0.717) is 5.01 Å². The highest BCUT2D eigenvalue weighted by molar-refractivity contribution is 7.18. The van der Waals surface area contributed by atoms with Gasteiger partial charge in [-0.05, 0) is 18.2 Å². The van der Waals surface area contributed by atoms with Gasteiger partial charge in [-0.15, -0.1) is 11.3 Å². The fourth-order valence-electron chi connectivity index (χ4n) is 2.53. The molecular formula is C18H13F3N2O3S. The van der Waals surface area contributed by atoms with Crippen LogP contribution in [-0.2, 0) is 16.1 Å². The summed E-state index contributed by atoms with van der Waals surface area (Å²) in [7, 11) is 0. The van der Waals surface area contributed by atoms with Crippen LogP contribution in [0.4, 0.5) is 18.9 Å². The summed E-state index contributed by atoms with van der Waals surface area (Å²) < 4.78 is 40.9. The van der Waals surface area contributed by atoms with Gasteiger partial charge >= 0.3 is 5.97 Å². The van der Waals surface area contributed by atoms with Crippen molar-refractivity contribution < 1.29 is 27.9 Å². The Labute approximate surface area is 155 Å². The molecule has 1 heterocycles. The van der Waals surface area contributed by atoms with Crippen molar-refractivity contribution in [2.75, 3.05) is 4.90 Å². The van der Waals surface area contributed by atoms with Gasteiger partial charge in [0.1, 0.15) is 22.5 Å². The molecular weight excluding hydrogens is 381 g/mol. The lowest BCUT2D eigenvalue weighted by molar-refractivity contribution is -0.138. The molecule has 0 atom stereocenters. The van der Waals surface area contributed by atoms with Gasteiger partial charge in [0.15, 0.2) is 0 Å². The Kier molecular flexibility index (Phi) is 5.41. The summed E-state index contributed by atoms with van der Waals surface area (Å²) in [6, 6.07) is 7.07. The normalized spacial score (nSPS) is 10.9. The molecule has 0 radical (unpaired) electrons. The van der Waals surface area contributed by atoms with E-state index in [-0.39, 0.29) is 35.3 Å². The van der Waals surface area contributed by atoms with Gasteiger partial charge in [0.25, 0.3) is 0 Å². The Bertz CT molecular complexity index is 1020. The number of hydrogen-bond acceptors (Lipinski definition) is 4. The van der Waals surface area contributed by atoms with Crippen molar-refractivity contribution in [3.05, 3.63) is 58.9 Å². The van der Waals surface area contributed by atoms with Crippen molar-refractivity contribution in [3.8, 4) is 0 Å². The lowest BCUT2D eigenvalue weighted by atomic mass is 10.2. The molecule has 0 aliphatic rings. The number of hydrogen-bond donors (Lipinski definition) is 1. The number of anilines is 1. The number of carboxylic acid groups (broad SMARTS) is 1. The summed E-state index contributed by atoms with van der Waals surface area (Å²) in [5, 5.41) is 9.09. The summed E-state index contributed by atoms with van der Waals surface area (Å²) in [5.41, 5.74) is 0.334. The van der Waals surface area contributed by atoms with Crippen LogP contribution in [-0.4, -0.2) is 22.0 Å². The molecule has 9 heteroatoms. The minimum Gasteiger partial charge on any atom is -0.481 e. The van der Waals surface area contributed by atoms with Crippen LogP contribution in [0.1, 0.15) is 17.8 Å². The molecule has 3 aromatic rings. The number of carboxylic acids is 1. The minimum absolute atomic E-state index is 0.115. The molecule has 2 aromatic carbocycles. The van der Waals surface area contributed by atoms with E-state index in [1.807, 2.05) is 0 Å². The summed E-state index contributed by atoms with van der Waals surface area (Å²) in [5.74, 6) is -3.78. The molecule has 3 rings (SSSR count). The zero-order chi connectivity index (χ0) is 19.6. The summed E-state index contributed by atoms with van der Waals surface area (Å²) in [4.78, 5) is 28.5. The molecule has 1 amide bonds. The van der Waals surface area contributed by atoms with Crippen molar-refractivity contribution in [2.24, 2.45) is 0 Å². The van der Waals surface area contributed by atoms with Crippen LogP contribution in [0.2, 0.25) is 0 Å². The number of aromatic nitrogens is 1. The van der Waals surface area contributed by atoms with Gasteiger partial charge in [0.05, 0.1) is 23.2 Å². The van der Waals surface area contributed by atoms with Crippen LogP contribution >= 0.6 is 11.3 Å². The third-order valence-corrected chi connectivity index (χ3v) is 4.79. The molecule has 1 N–H and O–H groups in total. The number of halogens is 3. The van der Waals surface area contributed by atoms with Gasteiger partial charge in [-0.3, -0.25) is 9.59 Å². The smallest absolute Gasteiger partial charge is 0.303 e. The molecule has 5 nitrogen and oxygen atoms in total. The molecule has 0 spiro atoms. The van der Waals surface area contributed by atoms with Crippen molar-refractivity contribution in [1.29, 1.82) is 0 Å². The average molecular weight is 394 g/mol. The van der Waals surface area contributed by atoms with Gasteiger partial charge in [-0.2, -0.15) is 0 Å². The van der Waals surface area contributed by atoms with Crippen LogP contribution < -0.4 is 4.90 Å². The van der Waals surface area contributed by atoms with E-state index >= 15 is 0 Å². The first-order valence-electron chi connectivity index (χ1n) is 7.85. The minimum atomic E-state index is -1.14. The quantitative estimate of drug-likeness (QED) is 0.683. The lowest BCUT2D eigenvalue weighted by Gasteiger charge is -2.21. The SMILES string of the molecule is O=C(O)CCC(=O)N(Cc1nc2cc(F)cc(F)c2s1)c1cccc(F)c1. The van der Waals surface area contributed by atoms with Gasteiger partial charge < -0.3 is 10.0 Å². The third-order valence-electron chi connectivity index (χ3n) is 3.72. The van der Waals surface area contributed by atoms with Crippen LogP contribution in [0, 0.1) is 17.5 Å². The molecule has 1 aromatic heterocycles. The predicted molar refractivity (Wildman–Crippen MR) is 94.0 cm³/mol. The maximum Gasteiger partial charge on any atom is 0.303 e. The van der Waals surface area contributed by atoms with E-state index in [1.54, 1.807) is 0 Å². The summed E-state index contributed by atoms with van der Waals surface area (Å²) in [6.07, 6.45) is -0.677. The molecule has 140 valence electrons. The lowest BCUT2D eigenvalue weighted by Crippen LogP contribution is -2.30. The van der Waals surface area contributed by atoms with Crippen LogP contribution in [0.25, 0.3) is 10.2 Å². The number of benzene rings is 2. The first-order valence-corrected chi connectivity index (χ1v) is 8.67. The van der Waals surface area contributed by atoms with E-state index in [2.05, 4.69) is 4.98 Å². The number of carbonyl (C=O) groups excluding carboxylic acids is 1. The Balaban J connectivity index is 1.94. The number of nitrogens with zero attached hydrogens (tertiary/aromatic N) is 2. The Morgan fingerprint density at radius 2 is 1.85 bits per heavy atom. The van der Waals surface area contributed by atoms with Crippen molar-refractivity contribution in [1.82, 2.24) is 4.98 Å². The second-order valence-corrected chi connectivity index (χ2v) is 6.78. The zero-order valence-electron chi connectivity index (χ0n) is 13.8. The monoisotopic (exact) mass is 394 g/mol. The van der Waals surface area contributed by atoms with Crippen molar-refractivity contribution in [2.45, 2.75) is 19.4 Å². The Hall–Kier alpha value is -2.94. The average Bonchev–Trinajstić information content (AvgIpc) is 3.00.